The molecule has 1 N–H and O–H groups in total. The van der Waals surface area contributed by atoms with Gasteiger partial charge in [-0.05, 0) is 61.4 Å². The first-order valence-electron chi connectivity index (χ1n) is 8.34. The summed E-state index contributed by atoms with van der Waals surface area (Å²) in [5, 5.41) is 5.34. The van der Waals surface area contributed by atoms with Gasteiger partial charge in [-0.3, -0.25) is 0 Å². The predicted molar refractivity (Wildman–Crippen MR) is 93.2 cm³/mol. The van der Waals surface area contributed by atoms with Gasteiger partial charge in [0.05, 0.1) is 0 Å². The number of rotatable bonds is 6. The second-order valence-corrected chi connectivity index (χ2v) is 7.14. The Balaban J connectivity index is 2.22. The zero-order chi connectivity index (χ0) is 15.2. The van der Waals surface area contributed by atoms with E-state index in [2.05, 4.69) is 19.2 Å². The summed E-state index contributed by atoms with van der Waals surface area (Å²) in [6, 6.07) is 6.19. The van der Waals surface area contributed by atoms with Gasteiger partial charge in [0, 0.05) is 16.1 Å². The molecule has 0 spiro atoms. The van der Waals surface area contributed by atoms with Crippen molar-refractivity contribution in [3.05, 3.63) is 33.8 Å². The number of hydrogen-bond donors (Lipinski definition) is 1. The van der Waals surface area contributed by atoms with Crippen LogP contribution < -0.4 is 5.32 Å². The molecule has 0 aliphatic heterocycles. The SMILES string of the molecule is CCCNC(c1cc(Cl)ccc1Cl)C1CCCC(CC)C1. The zero-order valence-electron chi connectivity index (χ0n) is 13.2. The summed E-state index contributed by atoms with van der Waals surface area (Å²) in [4.78, 5) is 0. The van der Waals surface area contributed by atoms with Gasteiger partial charge in [-0.25, -0.2) is 0 Å². The van der Waals surface area contributed by atoms with Crippen LogP contribution in [0.5, 0.6) is 0 Å². The third-order valence-corrected chi connectivity index (χ3v) is 5.36. The molecule has 21 heavy (non-hydrogen) atoms. The van der Waals surface area contributed by atoms with E-state index in [4.69, 9.17) is 23.2 Å². The number of nitrogens with one attached hydrogen (secondary N) is 1. The Morgan fingerprint density at radius 2 is 2.05 bits per heavy atom. The van der Waals surface area contributed by atoms with E-state index in [1.807, 2.05) is 18.2 Å². The van der Waals surface area contributed by atoms with Crippen molar-refractivity contribution in [2.75, 3.05) is 6.54 Å². The van der Waals surface area contributed by atoms with Crippen molar-refractivity contribution in [2.24, 2.45) is 11.8 Å². The molecule has 118 valence electrons. The lowest BCUT2D eigenvalue weighted by Crippen LogP contribution is -2.32. The predicted octanol–water partition coefficient (Wildman–Crippen LogP) is 6.25. The second-order valence-electron chi connectivity index (χ2n) is 6.30. The summed E-state index contributed by atoms with van der Waals surface area (Å²) >= 11 is 12.7. The Kier molecular flexibility index (Phi) is 6.85. The molecule has 1 fully saturated rings. The highest BCUT2D eigenvalue weighted by molar-refractivity contribution is 6.33. The van der Waals surface area contributed by atoms with Crippen LogP contribution in [0.25, 0.3) is 0 Å². The lowest BCUT2D eigenvalue weighted by atomic mass is 9.75. The summed E-state index contributed by atoms with van der Waals surface area (Å²) in [5.41, 5.74) is 1.18. The van der Waals surface area contributed by atoms with Crippen LogP contribution in [0.1, 0.15) is 64.0 Å². The van der Waals surface area contributed by atoms with Crippen LogP contribution in [0, 0.1) is 11.8 Å². The number of benzene rings is 1. The second kappa shape index (κ2) is 8.41. The Labute approximate surface area is 139 Å². The topological polar surface area (TPSA) is 12.0 Å². The third-order valence-electron chi connectivity index (χ3n) is 4.78. The molecule has 1 aliphatic carbocycles. The molecule has 0 saturated heterocycles. The van der Waals surface area contributed by atoms with Crippen LogP contribution in [0.2, 0.25) is 10.0 Å². The van der Waals surface area contributed by atoms with Gasteiger partial charge in [0.1, 0.15) is 0 Å². The highest BCUT2D eigenvalue weighted by atomic mass is 35.5. The first-order valence-corrected chi connectivity index (χ1v) is 9.09. The minimum atomic E-state index is 0.338. The molecule has 2 rings (SSSR count). The highest BCUT2D eigenvalue weighted by Gasteiger charge is 2.29. The van der Waals surface area contributed by atoms with E-state index < -0.39 is 0 Å². The van der Waals surface area contributed by atoms with E-state index in [1.54, 1.807) is 0 Å². The Hall–Kier alpha value is -0.240. The van der Waals surface area contributed by atoms with Gasteiger partial charge in [0.15, 0.2) is 0 Å². The zero-order valence-corrected chi connectivity index (χ0v) is 14.7. The van der Waals surface area contributed by atoms with E-state index in [-0.39, 0.29) is 0 Å². The summed E-state index contributed by atoms with van der Waals surface area (Å²) in [6.45, 7) is 5.55. The van der Waals surface area contributed by atoms with E-state index in [0.717, 1.165) is 28.9 Å². The molecule has 0 aromatic heterocycles. The monoisotopic (exact) mass is 327 g/mol. The number of hydrogen-bond acceptors (Lipinski definition) is 1. The van der Waals surface area contributed by atoms with Crippen molar-refractivity contribution in [2.45, 2.75) is 58.4 Å². The fraction of sp³-hybridized carbons (Fsp3) is 0.667. The Bertz CT molecular complexity index is 447. The molecule has 3 atom stereocenters. The highest BCUT2D eigenvalue weighted by Crippen LogP contribution is 2.40. The van der Waals surface area contributed by atoms with Crippen molar-refractivity contribution in [1.82, 2.24) is 5.32 Å². The molecule has 3 heteroatoms. The fourth-order valence-corrected chi connectivity index (χ4v) is 4.01. The Morgan fingerprint density at radius 1 is 1.24 bits per heavy atom. The maximum Gasteiger partial charge on any atom is 0.0454 e. The van der Waals surface area contributed by atoms with Gasteiger partial charge in [0.25, 0.3) is 0 Å². The number of halogens is 2. The van der Waals surface area contributed by atoms with Crippen molar-refractivity contribution in [3.63, 3.8) is 0 Å². The third kappa shape index (κ3) is 4.61. The molecule has 0 bridgehead atoms. The fourth-order valence-electron chi connectivity index (χ4n) is 3.59. The van der Waals surface area contributed by atoms with Crippen molar-refractivity contribution in [3.8, 4) is 0 Å². The first-order chi connectivity index (χ1) is 10.2. The van der Waals surface area contributed by atoms with Gasteiger partial charge in [-0.1, -0.05) is 56.3 Å². The van der Waals surface area contributed by atoms with E-state index in [1.165, 1.54) is 37.7 Å². The van der Waals surface area contributed by atoms with Crippen molar-refractivity contribution in [1.29, 1.82) is 0 Å². The van der Waals surface area contributed by atoms with E-state index in [9.17, 15) is 0 Å². The normalized spacial score (nSPS) is 24.0. The van der Waals surface area contributed by atoms with Crippen LogP contribution in [-0.2, 0) is 0 Å². The minimum absolute atomic E-state index is 0.338. The molecule has 0 heterocycles. The summed E-state index contributed by atoms with van der Waals surface area (Å²) in [7, 11) is 0. The maximum atomic E-state index is 6.46. The van der Waals surface area contributed by atoms with Gasteiger partial charge in [0.2, 0.25) is 0 Å². The molecule has 1 saturated carbocycles. The first kappa shape index (κ1) is 17.1. The van der Waals surface area contributed by atoms with Crippen LogP contribution in [-0.4, -0.2) is 6.54 Å². The Morgan fingerprint density at radius 3 is 2.76 bits per heavy atom. The standard InChI is InChI=1S/C18H27Cl2N/c1-3-10-21-18(14-7-5-6-13(4-2)11-14)16-12-15(19)8-9-17(16)20/h8-9,12-14,18,21H,3-7,10-11H2,1-2H3. The molecule has 1 aromatic carbocycles. The lowest BCUT2D eigenvalue weighted by Gasteiger charge is -2.35. The molecule has 1 aromatic rings. The van der Waals surface area contributed by atoms with Crippen LogP contribution in [0.15, 0.2) is 18.2 Å². The molecule has 0 amide bonds. The lowest BCUT2D eigenvalue weighted by molar-refractivity contribution is 0.209. The van der Waals surface area contributed by atoms with Gasteiger partial charge < -0.3 is 5.32 Å². The maximum absolute atomic E-state index is 6.46. The van der Waals surface area contributed by atoms with Crippen LogP contribution in [0.3, 0.4) is 0 Å². The molecular weight excluding hydrogens is 301 g/mol. The minimum Gasteiger partial charge on any atom is -0.310 e. The largest absolute Gasteiger partial charge is 0.310 e. The molecular formula is C18H27Cl2N. The average Bonchev–Trinajstić information content (AvgIpc) is 2.51. The quantitative estimate of drug-likeness (QED) is 0.651. The molecule has 1 aliphatic rings. The molecule has 1 nitrogen and oxygen atoms in total. The van der Waals surface area contributed by atoms with Crippen LogP contribution >= 0.6 is 23.2 Å². The molecule has 0 radical (unpaired) electrons. The van der Waals surface area contributed by atoms with Gasteiger partial charge in [-0.15, -0.1) is 0 Å². The summed E-state index contributed by atoms with van der Waals surface area (Å²) in [6.07, 6.45) is 7.75. The van der Waals surface area contributed by atoms with Crippen molar-refractivity contribution >= 4 is 23.2 Å². The van der Waals surface area contributed by atoms with Crippen LogP contribution in [0.4, 0.5) is 0 Å². The summed E-state index contributed by atoms with van der Waals surface area (Å²) < 4.78 is 0. The van der Waals surface area contributed by atoms with E-state index >= 15 is 0 Å². The van der Waals surface area contributed by atoms with Gasteiger partial charge in [-0.2, -0.15) is 0 Å². The molecule has 3 unspecified atom stereocenters. The smallest absolute Gasteiger partial charge is 0.0454 e. The summed E-state index contributed by atoms with van der Waals surface area (Å²) in [5.74, 6) is 1.54. The van der Waals surface area contributed by atoms with Gasteiger partial charge >= 0.3 is 0 Å². The van der Waals surface area contributed by atoms with E-state index in [0.29, 0.717) is 12.0 Å². The van der Waals surface area contributed by atoms with Crippen molar-refractivity contribution < 1.29 is 0 Å². The average molecular weight is 328 g/mol.